The van der Waals surface area contributed by atoms with Gasteiger partial charge in [0.1, 0.15) is 5.03 Å². The fourth-order valence-corrected chi connectivity index (χ4v) is 4.27. The van der Waals surface area contributed by atoms with Crippen molar-refractivity contribution in [3.63, 3.8) is 0 Å². The molecule has 3 fully saturated rings. The molecule has 2 saturated heterocycles. The lowest BCUT2D eigenvalue weighted by molar-refractivity contribution is -0.117. The normalized spacial score (nSPS) is 39.2. The van der Waals surface area contributed by atoms with Crippen molar-refractivity contribution in [2.24, 2.45) is 11.3 Å². The first-order valence-electron chi connectivity index (χ1n) is 7.54. The highest BCUT2D eigenvalue weighted by atomic mass is 35.5. The third-order valence-electron chi connectivity index (χ3n) is 5.24. The molecule has 1 amide bonds. The Hall–Kier alpha value is -0.660. The van der Waals surface area contributed by atoms with E-state index in [-0.39, 0.29) is 16.6 Å². The Morgan fingerprint density at radius 3 is 2.90 bits per heavy atom. The van der Waals surface area contributed by atoms with E-state index in [1.807, 2.05) is 0 Å². The van der Waals surface area contributed by atoms with Crippen molar-refractivity contribution in [2.45, 2.75) is 31.9 Å². The quantitative estimate of drug-likeness (QED) is 0.288. The lowest BCUT2D eigenvalue weighted by Crippen LogP contribution is -2.53. The highest BCUT2D eigenvalue weighted by molar-refractivity contribution is 6.42. The number of rotatable bonds is 2. The number of carbonyl (C=O) groups excluding carboxylic acids is 1. The predicted octanol–water partition coefficient (Wildman–Crippen LogP) is -0.0581. The molecular weight excluding hydrogens is 292 g/mol. The summed E-state index contributed by atoms with van der Waals surface area (Å²) in [5.74, 6) is 4.75. The fraction of sp³-hybridized carbons (Fsp3) is 0.786. The molecule has 0 radical (unpaired) electrons. The van der Waals surface area contributed by atoms with Crippen molar-refractivity contribution in [1.29, 1.82) is 0 Å². The van der Waals surface area contributed by atoms with Gasteiger partial charge >= 0.3 is 0 Å². The minimum Gasteiger partial charge on any atom is -0.372 e. The molecule has 0 aromatic rings. The van der Waals surface area contributed by atoms with Crippen molar-refractivity contribution in [1.82, 2.24) is 15.6 Å². The maximum absolute atomic E-state index is 11.7. The maximum Gasteiger partial charge on any atom is 0.276 e. The van der Waals surface area contributed by atoms with Gasteiger partial charge in [0, 0.05) is 37.6 Å². The average Bonchev–Trinajstić information content (AvgIpc) is 3.01. The van der Waals surface area contributed by atoms with Crippen LogP contribution in [0.3, 0.4) is 0 Å². The highest BCUT2D eigenvalue weighted by Gasteiger charge is 2.55. The summed E-state index contributed by atoms with van der Waals surface area (Å²) in [6.45, 7) is 7.11. The van der Waals surface area contributed by atoms with E-state index in [1.165, 1.54) is 0 Å². The predicted molar refractivity (Wildman–Crippen MR) is 80.5 cm³/mol. The van der Waals surface area contributed by atoms with Gasteiger partial charge in [-0.2, -0.15) is 0 Å². The van der Waals surface area contributed by atoms with Crippen molar-refractivity contribution in [3.8, 4) is 0 Å². The van der Waals surface area contributed by atoms with Crippen LogP contribution in [0, 0.1) is 5.41 Å². The van der Waals surface area contributed by atoms with Crippen LogP contribution in [-0.4, -0.2) is 55.7 Å². The Bertz CT molecular complexity index is 464. The van der Waals surface area contributed by atoms with E-state index >= 15 is 0 Å². The number of ether oxygens (including phenoxy) is 1. The minimum absolute atomic E-state index is 0.0295. The lowest BCUT2D eigenvalue weighted by atomic mass is 9.79. The molecule has 2 aliphatic heterocycles. The van der Waals surface area contributed by atoms with Crippen molar-refractivity contribution in [2.75, 3.05) is 32.8 Å². The molecule has 0 bridgehead atoms. The molecule has 7 heteroatoms. The van der Waals surface area contributed by atoms with Crippen LogP contribution in [0.15, 0.2) is 10.6 Å². The average molecular weight is 315 g/mol. The zero-order valence-electron chi connectivity index (χ0n) is 12.3. The third kappa shape index (κ3) is 2.49. The van der Waals surface area contributed by atoms with Crippen LogP contribution in [0.5, 0.6) is 0 Å². The third-order valence-corrected chi connectivity index (χ3v) is 5.65. The number of nitrogens with two attached hydrogens (primary N) is 1. The minimum atomic E-state index is -0.426. The SMILES string of the molecule is CC12CC/C(=C(/Cl)C(=O)NN)C1OC[C@H]2N1CCNCC1. The largest absolute Gasteiger partial charge is 0.372 e. The van der Waals surface area contributed by atoms with E-state index in [1.54, 1.807) is 0 Å². The Kier molecular flexibility index (Phi) is 4.25. The summed E-state index contributed by atoms with van der Waals surface area (Å²) in [5, 5.41) is 3.58. The second-order valence-electron chi connectivity index (χ2n) is 6.33. The van der Waals surface area contributed by atoms with Crippen molar-refractivity contribution >= 4 is 17.5 Å². The number of hydrogen-bond acceptors (Lipinski definition) is 5. The monoisotopic (exact) mass is 314 g/mol. The number of piperazine rings is 1. The molecule has 2 unspecified atom stereocenters. The van der Waals surface area contributed by atoms with Gasteiger partial charge in [0.15, 0.2) is 0 Å². The molecule has 1 aliphatic carbocycles. The van der Waals surface area contributed by atoms with Crippen LogP contribution in [0.2, 0.25) is 0 Å². The number of nitrogens with zero attached hydrogens (tertiary/aromatic N) is 1. The summed E-state index contributed by atoms with van der Waals surface area (Å²) in [6.07, 6.45) is 1.73. The highest BCUT2D eigenvalue weighted by Crippen LogP contribution is 2.52. The molecule has 6 nitrogen and oxygen atoms in total. The maximum atomic E-state index is 11.7. The van der Waals surface area contributed by atoms with Gasteiger partial charge in [-0.1, -0.05) is 18.5 Å². The number of nitrogens with one attached hydrogen (secondary N) is 2. The van der Waals surface area contributed by atoms with Crippen molar-refractivity contribution in [3.05, 3.63) is 10.6 Å². The molecule has 3 atom stereocenters. The summed E-state index contributed by atoms with van der Waals surface area (Å²) >= 11 is 6.18. The Labute approximate surface area is 130 Å². The van der Waals surface area contributed by atoms with Crippen LogP contribution in [0.25, 0.3) is 0 Å². The molecule has 1 saturated carbocycles. The first-order chi connectivity index (χ1) is 10.1. The van der Waals surface area contributed by atoms with Gasteiger partial charge in [0.25, 0.3) is 5.91 Å². The zero-order chi connectivity index (χ0) is 15.0. The Balaban J connectivity index is 1.82. The first kappa shape index (κ1) is 15.2. The molecule has 0 aromatic heterocycles. The lowest BCUT2D eigenvalue weighted by Gasteiger charge is -2.40. The molecule has 21 heavy (non-hydrogen) atoms. The van der Waals surface area contributed by atoms with E-state index in [4.69, 9.17) is 22.2 Å². The number of amides is 1. The van der Waals surface area contributed by atoms with Crippen LogP contribution < -0.4 is 16.6 Å². The smallest absolute Gasteiger partial charge is 0.276 e. The number of hydrazine groups is 1. The molecule has 3 rings (SSSR count). The van der Waals surface area contributed by atoms with Crippen LogP contribution in [0.1, 0.15) is 19.8 Å². The van der Waals surface area contributed by atoms with Gasteiger partial charge in [-0.15, -0.1) is 0 Å². The van der Waals surface area contributed by atoms with Crippen LogP contribution in [0.4, 0.5) is 0 Å². The fourth-order valence-electron chi connectivity index (χ4n) is 4.02. The number of fused-ring (bicyclic) bond motifs is 1. The topological polar surface area (TPSA) is 79.6 Å². The summed E-state index contributed by atoms with van der Waals surface area (Å²) in [7, 11) is 0. The van der Waals surface area contributed by atoms with E-state index in [9.17, 15) is 4.79 Å². The number of halogens is 1. The van der Waals surface area contributed by atoms with Gasteiger partial charge in [-0.25, -0.2) is 5.84 Å². The summed E-state index contributed by atoms with van der Waals surface area (Å²) in [6, 6.07) is 0.396. The van der Waals surface area contributed by atoms with E-state index < -0.39 is 5.91 Å². The first-order valence-corrected chi connectivity index (χ1v) is 7.91. The van der Waals surface area contributed by atoms with E-state index in [0.717, 1.165) is 44.6 Å². The number of hydrogen-bond donors (Lipinski definition) is 3. The second kappa shape index (κ2) is 5.85. The Morgan fingerprint density at radius 1 is 1.52 bits per heavy atom. The van der Waals surface area contributed by atoms with Gasteiger partial charge < -0.3 is 10.1 Å². The van der Waals surface area contributed by atoms with Gasteiger partial charge in [0.2, 0.25) is 0 Å². The van der Waals surface area contributed by atoms with Gasteiger partial charge in [-0.05, 0) is 18.4 Å². The van der Waals surface area contributed by atoms with Crippen molar-refractivity contribution < 1.29 is 9.53 Å². The molecule has 0 spiro atoms. The molecule has 4 N–H and O–H groups in total. The molecule has 118 valence electrons. The summed E-state index contributed by atoms with van der Waals surface area (Å²) < 4.78 is 6.05. The summed E-state index contributed by atoms with van der Waals surface area (Å²) in [4.78, 5) is 14.2. The van der Waals surface area contributed by atoms with E-state index in [2.05, 4.69) is 22.6 Å². The standard InChI is InChI=1S/C14H23ClN4O2/c1-14-3-2-9(11(15)13(20)18-16)12(14)21-8-10(14)19-6-4-17-5-7-19/h10,12,17H,2-8,16H2,1H3,(H,18,20)/b11-9-/t10-,12?,14?/m1/s1. The summed E-state index contributed by atoms with van der Waals surface area (Å²) in [5.41, 5.74) is 3.04. The van der Waals surface area contributed by atoms with Gasteiger partial charge in [-0.3, -0.25) is 15.1 Å². The molecule has 2 heterocycles. The van der Waals surface area contributed by atoms with Crippen LogP contribution >= 0.6 is 11.6 Å². The number of carbonyl (C=O) groups is 1. The molecule has 0 aromatic carbocycles. The Morgan fingerprint density at radius 2 is 2.24 bits per heavy atom. The molecule has 3 aliphatic rings. The van der Waals surface area contributed by atoms with Crippen LogP contribution in [-0.2, 0) is 9.53 Å². The zero-order valence-corrected chi connectivity index (χ0v) is 13.1. The van der Waals surface area contributed by atoms with E-state index in [0.29, 0.717) is 12.6 Å². The van der Waals surface area contributed by atoms with Gasteiger partial charge in [0.05, 0.1) is 12.7 Å². The second-order valence-corrected chi connectivity index (χ2v) is 6.71. The molecular formula is C14H23ClN4O2.